The van der Waals surface area contributed by atoms with Crippen molar-refractivity contribution in [2.45, 2.75) is 20.3 Å². The summed E-state index contributed by atoms with van der Waals surface area (Å²) in [6.07, 6.45) is 3.49. The van der Waals surface area contributed by atoms with Crippen LogP contribution < -0.4 is 5.32 Å². The average Bonchev–Trinajstić information content (AvgIpc) is 3.24. The molecule has 27 heavy (non-hydrogen) atoms. The van der Waals surface area contributed by atoms with E-state index in [2.05, 4.69) is 25.5 Å². The van der Waals surface area contributed by atoms with Gasteiger partial charge in [0.05, 0.1) is 23.0 Å². The van der Waals surface area contributed by atoms with Crippen molar-refractivity contribution < 1.29 is 4.79 Å². The van der Waals surface area contributed by atoms with Crippen molar-refractivity contribution in [3.05, 3.63) is 53.6 Å². The van der Waals surface area contributed by atoms with Gasteiger partial charge in [-0.1, -0.05) is 24.6 Å². The summed E-state index contributed by atoms with van der Waals surface area (Å²) in [5.74, 6) is 0.985. The molecule has 1 amide bonds. The first-order valence-corrected chi connectivity index (χ1v) is 8.76. The Balaban J connectivity index is 1.87. The molecule has 4 rings (SSSR count). The molecule has 0 atom stereocenters. The van der Waals surface area contributed by atoms with E-state index in [1.54, 1.807) is 40.7 Å². The first-order valence-electron chi connectivity index (χ1n) is 8.38. The number of amides is 1. The Labute approximate surface area is 159 Å². The van der Waals surface area contributed by atoms with Crippen LogP contribution in [-0.4, -0.2) is 35.4 Å². The molecule has 136 valence electrons. The SMILES string of the molecule is CCC(=O)Nc1cc(C)nn1-c1ncnc2c1cnn2-c1cccc(Cl)c1. The molecular formula is C18H16ClN7O. The van der Waals surface area contributed by atoms with Gasteiger partial charge in [-0.05, 0) is 25.1 Å². The number of benzene rings is 1. The molecular weight excluding hydrogens is 366 g/mol. The highest BCUT2D eigenvalue weighted by Crippen LogP contribution is 2.25. The van der Waals surface area contributed by atoms with E-state index in [1.807, 2.05) is 19.1 Å². The van der Waals surface area contributed by atoms with Crippen LogP contribution in [0.5, 0.6) is 0 Å². The second-order valence-electron chi connectivity index (χ2n) is 5.96. The topological polar surface area (TPSA) is 90.5 Å². The summed E-state index contributed by atoms with van der Waals surface area (Å²) in [6.45, 7) is 3.65. The maximum absolute atomic E-state index is 11.8. The summed E-state index contributed by atoms with van der Waals surface area (Å²) < 4.78 is 3.28. The number of carbonyl (C=O) groups excluding carboxylic acids is 1. The molecule has 0 saturated heterocycles. The van der Waals surface area contributed by atoms with Gasteiger partial charge in [-0.15, -0.1) is 0 Å². The largest absolute Gasteiger partial charge is 0.311 e. The van der Waals surface area contributed by atoms with Crippen molar-refractivity contribution in [3.63, 3.8) is 0 Å². The lowest BCUT2D eigenvalue weighted by Gasteiger charge is -2.08. The molecule has 1 N–H and O–H groups in total. The van der Waals surface area contributed by atoms with E-state index in [1.165, 1.54) is 6.33 Å². The molecule has 0 unspecified atom stereocenters. The smallest absolute Gasteiger partial charge is 0.225 e. The second kappa shape index (κ2) is 6.81. The highest BCUT2D eigenvalue weighted by molar-refractivity contribution is 6.30. The number of halogens is 1. The van der Waals surface area contributed by atoms with Crippen LogP contribution in [0.1, 0.15) is 19.0 Å². The molecule has 1 aromatic carbocycles. The number of hydrogen-bond donors (Lipinski definition) is 1. The molecule has 0 aliphatic rings. The van der Waals surface area contributed by atoms with Gasteiger partial charge in [0.15, 0.2) is 11.5 Å². The van der Waals surface area contributed by atoms with Crippen molar-refractivity contribution in [2.24, 2.45) is 0 Å². The van der Waals surface area contributed by atoms with Crippen molar-refractivity contribution >= 4 is 34.4 Å². The third kappa shape index (κ3) is 3.15. The molecule has 0 radical (unpaired) electrons. The normalized spacial score (nSPS) is 11.1. The molecule has 0 fully saturated rings. The Morgan fingerprint density at radius 2 is 2.07 bits per heavy atom. The quantitative estimate of drug-likeness (QED) is 0.585. The van der Waals surface area contributed by atoms with E-state index in [0.717, 1.165) is 11.4 Å². The minimum Gasteiger partial charge on any atom is -0.311 e. The fraction of sp³-hybridized carbons (Fsp3) is 0.167. The number of rotatable bonds is 4. The third-order valence-electron chi connectivity index (χ3n) is 4.02. The maximum Gasteiger partial charge on any atom is 0.225 e. The molecule has 3 heterocycles. The van der Waals surface area contributed by atoms with E-state index < -0.39 is 0 Å². The number of hydrogen-bond acceptors (Lipinski definition) is 5. The van der Waals surface area contributed by atoms with Crippen molar-refractivity contribution in [3.8, 4) is 11.5 Å². The third-order valence-corrected chi connectivity index (χ3v) is 4.25. The van der Waals surface area contributed by atoms with E-state index in [-0.39, 0.29) is 5.91 Å². The Kier molecular flexibility index (Phi) is 4.33. The van der Waals surface area contributed by atoms with E-state index >= 15 is 0 Å². The fourth-order valence-electron chi connectivity index (χ4n) is 2.78. The Morgan fingerprint density at radius 3 is 2.85 bits per heavy atom. The lowest BCUT2D eigenvalue weighted by molar-refractivity contribution is -0.115. The predicted molar refractivity (Wildman–Crippen MR) is 102 cm³/mol. The molecule has 8 nitrogen and oxygen atoms in total. The van der Waals surface area contributed by atoms with Crippen molar-refractivity contribution in [1.29, 1.82) is 0 Å². The summed E-state index contributed by atoms with van der Waals surface area (Å²) in [5.41, 5.74) is 2.16. The standard InChI is InChI=1S/C18H16ClN7O/c1-3-16(27)23-15-7-11(2)24-26(15)18-14-9-22-25(17(14)20-10-21-18)13-6-4-5-12(19)8-13/h4-10H,3H2,1-2H3,(H,23,27). The Hall–Kier alpha value is -3.26. The highest BCUT2D eigenvalue weighted by atomic mass is 35.5. The molecule has 0 aliphatic heterocycles. The van der Waals surface area contributed by atoms with Gasteiger partial charge in [-0.3, -0.25) is 4.79 Å². The van der Waals surface area contributed by atoms with Crippen molar-refractivity contribution in [2.75, 3.05) is 5.32 Å². The first kappa shape index (κ1) is 17.2. The lowest BCUT2D eigenvalue weighted by Crippen LogP contribution is -2.14. The minimum atomic E-state index is -0.101. The lowest BCUT2D eigenvalue weighted by atomic mass is 10.3. The summed E-state index contributed by atoms with van der Waals surface area (Å²) in [6, 6.07) is 9.14. The van der Waals surface area contributed by atoms with Crippen LogP contribution in [0.3, 0.4) is 0 Å². The first-order chi connectivity index (χ1) is 13.1. The summed E-state index contributed by atoms with van der Waals surface area (Å²) in [7, 11) is 0. The van der Waals surface area contributed by atoms with Gasteiger partial charge in [-0.2, -0.15) is 14.9 Å². The van der Waals surface area contributed by atoms with Crippen LogP contribution in [0.4, 0.5) is 5.82 Å². The number of carbonyl (C=O) groups is 1. The van der Waals surface area contributed by atoms with Crippen LogP contribution in [0.25, 0.3) is 22.5 Å². The number of anilines is 1. The highest BCUT2D eigenvalue weighted by Gasteiger charge is 2.17. The molecule has 0 saturated carbocycles. The molecule has 0 spiro atoms. The van der Waals surface area contributed by atoms with Crippen LogP contribution in [-0.2, 0) is 4.79 Å². The monoisotopic (exact) mass is 381 g/mol. The molecule has 0 aliphatic carbocycles. The number of aryl methyl sites for hydroxylation is 1. The van der Waals surface area contributed by atoms with Gasteiger partial charge in [0.2, 0.25) is 5.91 Å². The van der Waals surface area contributed by atoms with Crippen molar-refractivity contribution in [1.82, 2.24) is 29.5 Å². The number of nitrogens with one attached hydrogen (secondary N) is 1. The van der Waals surface area contributed by atoms with Gasteiger partial charge in [0, 0.05) is 17.5 Å². The van der Waals surface area contributed by atoms with Crippen LogP contribution >= 0.6 is 11.6 Å². The molecule has 3 aromatic heterocycles. The van der Waals surface area contributed by atoms with Crippen LogP contribution in [0, 0.1) is 6.92 Å². The van der Waals surface area contributed by atoms with Gasteiger partial charge in [0.1, 0.15) is 12.1 Å². The Morgan fingerprint density at radius 1 is 1.22 bits per heavy atom. The molecule has 0 bridgehead atoms. The predicted octanol–water partition coefficient (Wildman–Crippen LogP) is 3.31. The van der Waals surface area contributed by atoms with Gasteiger partial charge < -0.3 is 5.32 Å². The van der Waals surface area contributed by atoms with Gasteiger partial charge in [-0.25, -0.2) is 14.6 Å². The fourth-order valence-corrected chi connectivity index (χ4v) is 2.96. The number of nitrogens with zero attached hydrogens (tertiary/aromatic N) is 6. The van der Waals surface area contributed by atoms with E-state index in [9.17, 15) is 4.79 Å². The zero-order valence-corrected chi connectivity index (χ0v) is 15.5. The zero-order valence-electron chi connectivity index (χ0n) is 14.7. The molecule has 4 aromatic rings. The minimum absolute atomic E-state index is 0.101. The van der Waals surface area contributed by atoms with Crippen LogP contribution in [0.15, 0.2) is 42.9 Å². The molecule has 9 heteroatoms. The van der Waals surface area contributed by atoms with E-state index in [0.29, 0.717) is 34.1 Å². The number of fused-ring (bicyclic) bond motifs is 1. The van der Waals surface area contributed by atoms with Crippen LogP contribution in [0.2, 0.25) is 5.02 Å². The maximum atomic E-state index is 11.8. The van der Waals surface area contributed by atoms with E-state index in [4.69, 9.17) is 11.6 Å². The Bertz CT molecular complexity index is 1150. The average molecular weight is 382 g/mol. The zero-order chi connectivity index (χ0) is 19.0. The van der Waals surface area contributed by atoms with Gasteiger partial charge >= 0.3 is 0 Å². The number of aromatic nitrogens is 6. The summed E-state index contributed by atoms with van der Waals surface area (Å²) in [4.78, 5) is 20.6. The second-order valence-corrected chi connectivity index (χ2v) is 6.39. The summed E-state index contributed by atoms with van der Waals surface area (Å²) in [5, 5.41) is 13.1. The van der Waals surface area contributed by atoms with Gasteiger partial charge in [0.25, 0.3) is 0 Å². The summed E-state index contributed by atoms with van der Waals surface area (Å²) >= 11 is 6.10.